The molecule has 0 atom stereocenters. The van der Waals surface area contributed by atoms with Crippen LogP contribution in [-0.2, 0) is 10.0 Å². The molecule has 3 rings (SSSR count). The van der Waals surface area contributed by atoms with Crippen molar-refractivity contribution in [3.63, 3.8) is 0 Å². The zero-order chi connectivity index (χ0) is 20.1. The molecular formula is C20H21N2O5S-. The minimum absolute atomic E-state index is 0.00101. The zero-order valence-corrected chi connectivity index (χ0v) is 16.0. The van der Waals surface area contributed by atoms with Crippen LogP contribution >= 0.6 is 0 Å². The lowest BCUT2D eigenvalue weighted by Gasteiger charge is -2.22. The van der Waals surface area contributed by atoms with E-state index in [0.717, 1.165) is 32.1 Å². The topological polar surface area (TPSA) is 115 Å². The summed E-state index contributed by atoms with van der Waals surface area (Å²) in [6.45, 7) is 0. The van der Waals surface area contributed by atoms with E-state index in [1.807, 2.05) is 0 Å². The lowest BCUT2D eigenvalue weighted by atomic mass is 9.96. The van der Waals surface area contributed by atoms with Gasteiger partial charge in [0.25, 0.3) is 5.91 Å². The Morgan fingerprint density at radius 2 is 1.68 bits per heavy atom. The lowest BCUT2D eigenvalue weighted by Crippen LogP contribution is -2.36. The summed E-state index contributed by atoms with van der Waals surface area (Å²) >= 11 is 0. The first kappa shape index (κ1) is 20.0. The molecule has 1 amide bonds. The Bertz CT molecular complexity index is 982. The van der Waals surface area contributed by atoms with Crippen molar-refractivity contribution in [2.45, 2.75) is 43.0 Å². The summed E-state index contributed by atoms with van der Waals surface area (Å²) in [5.41, 5.74) is 0.0411. The van der Waals surface area contributed by atoms with Gasteiger partial charge in [0.15, 0.2) is 0 Å². The van der Waals surface area contributed by atoms with Crippen LogP contribution in [0.15, 0.2) is 53.4 Å². The fourth-order valence-corrected chi connectivity index (χ4v) is 4.63. The first-order chi connectivity index (χ1) is 13.4. The second kappa shape index (κ2) is 8.53. The molecule has 0 radical (unpaired) electrons. The number of rotatable bonds is 6. The van der Waals surface area contributed by atoms with Crippen LogP contribution in [0.4, 0.5) is 5.69 Å². The second-order valence-corrected chi connectivity index (χ2v) is 8.49. The average Bonchev–Trinajstić information content (AvgIpc) is 2.69. The van der Waals surface area contributed by atoms with E-state index in [4.69, 9.17) is 0 Å². The highest BCUT2D eigenvalue weighted by molar-refractivity contribution is 7.89. The summed E-state index contributed by atoms with van der Waals surface area (Å²) in [7, 11) is -3.74. The predicted molar refractivity (Wildman–Crippen MR) is 102 cm³/mol. The zero-order valence-electron chi connectivity index (χ0n) is 15.2. The van der Waals surface area contributed by atoms with Crippen LogP contribution in [0.1, 0.15) is 52.8 Å². The van der Waals surface area contributed by atoms with E-state index < -0.39 is 21.9 Å². The smallest absolute Gasteiger partial charge is 0.255 e. The van der Waals surface area contributed by atoms with Gasteiger partial charge in [0.05, 0.1) is 16.6 Å². The van der Waals surface area contributed by atoms with Crippen LogP contribution in [-0.4, -0.2) is 26.3 Å². The standard InChI is InChI=1S/C20H22N2O5S/c23-19(21-18-12-5-4-11-17(18)20(24)25)14-7-6-10-16(13-14)28(26,27)22-15-8-2-1-3-9-15/h4-7,10-13,15,22H,1-3,8-9H2,(H,21,23)(H,24,25)/p-1. The maximum atomic E-state index is 12.6. The van der Waals surface area contributed by atoms with Gasteiger partial charge >= 0.3 is 0 Å². The minimum Gasteiger partial charge on any atom is -0.545 e. The molecular weight excluding hydrogens is 380 g/mol. The fraction of sp³-hybridized carbons (Fsp3) is 0.300. The molecule has 2 N–H and O–H groups in total. The summed E-state index contributed by atoms with van der Waals surface area (Å²) in [6, 6.07) is 11.4. The van der Waals surface area contributed by atoms with Crippen LogP contribution in [0.25, 0.3) is 0 Å². The number of carboxylic acid groups (broad SMARTS) is 1. The number of hydrogen-bond donors (Lipinski definition) is 2. The molecule has 0 heterocycles. The van der Waals surface area contributed by atoms with Crippen LogP contribution in [0.5, 0.6) is 0 Å². The molecule has 148 valence electrons. The highest BCUT2D eigenvalue weighted by Crippen LogP contribution is 2.21. The van der Waals surface area contributed by atoms with E-state index in [1.165, 1.54) is 42.5 Å². The molecule has 1 saturated carbocycles. The van der Waals surface area contributed by atoms with E-state index in [0.29, 0.717) is 0 Å². The number of carbonyl (C=O) groups excluding carboxylic acids is 2. The Labute approximate surface area is 163 Å². The van der Waals surface area contributed by atoms with E-state index in [1.54, 1.807) is 6.07 Å². The lowest BCUT2D eigenvalue weighted by molar-refractivity contribution is -0.254. The molecule has 1 aliphatic rings. The van der Waals surface area contributed by atoms with Crippen LogP contribution in [0.3, 0.4) is 0 Å². The van der Waals surface area contributed by atoms with Crippen molar-refractivity contribution in [3.8, 4) is 0 Å². The van der Waals surface area contributed by atoms with Crippen LogP contribution < -0.4 is 15.1 Å². The molecule has 2 aromatic carbocycles. The SMILES string of the molecule is O=C(Nc1ccccc1C(=O)[O-])c1cccc(S(=O)(=O)NC2CCCCC2)c1. The quantitative estimate of drug-likeness (QED) is 0.767. The van der Waals surface area contributed by atoms with Crippen molar-refractivity contribution in [2.24, 2.45) is 0 Å². The summed E-state index contributed by atoms with van der Waals surface area (Å²) in [5.74, 6) is -2.02. The van der Waals surface area contributed by atoms with Crippen molar-refractivity contribution in [2.75, 3.05) is 5.32 Å². The number of benzene rings is 2. The van der Waals surface area contributed by atoms with Gasteiger partial charge in [-0.3, -0.25) is 4.79 Å². The number of carbonyl (C=O) groups is 2. The maximum Gasteiger partial charge on any atom is 0.255 e. The third kappa shape index (κ3) is 4.76. The summed E-state index contributed by atoms with van der Waals surface area (Å²) < 4.78 is 28.0. The molecule has 28 heavy (non-hydrogen) atoms. The second-order valence-electron chi connectivity index (χ2n) is 6.77. The number of nitrogens with one attached hydrogen (secondary N) is 2. The highest BCUT2D eigenvalue weighted by Gasteiger charge is 2.22. The van der Waals surface area contributed by atoms with Crippen molar-refractivity contribution in [3.05, 3.63) is 59.7 Å². The van der Waals surface area contributed by atoms with E-state index in [2.05, 4.69) is 10.0 Å². The van der Waals surface area contributed by atoms with E-state index >= 15 is 0 Å². The number of hydrogen-bond acceptors (Lipinski definition) is 5. The largest absolute Gasteiger partial charge is 0.545 e. The van der Waals surface area contributed by atoms with Crippen LogP contribution in [0, 0.1) is 0 Å². The van der Waals surface area contributed by atoms with Crippen molar-refractivity contribution in [1.29, 1.82) is 0 Å². The van der Waals surface area contributed by atoms with Gasteiger partial charge in [0, 0.05) is 17.2 Å². The minimum atomic E-state index is -3.74. The molecule has 0 aromatic heterocycles. The van der Waals surface area contributed by atoms with Gasteiger partial charge in [-0.15, -0.1) is 0 Å². The number of carboxylic acids is 1. The number of aromatic carboxylic acids is 1. The summed E-state index contributed by atoms with van der Waals surface area (Å²) in [6.07, 6.45) is 4.71. The fourth-order valence-electron chi connectivity index (χ4n) is 3.28. The molecule has 0 aliphatic heterocycles. The summed E-state index contributed by atoms with van der Waals surface area (Å²) in [5, 5.41) is 13.7. The average molecular weight is 401 g/mol. The normalized spacial score (nSPS) is 15.1. The van der Waals surface area contributed by atoms with Crippen molar-refractivity contribution >= 4 is 27.6 Å². The Morgan fingerprint density at radius 3 is 2.39 bits per heavy atom. The first-order valence-electron chi connectivity index (χ1n) is 9.11. The van der Waals surface area contributed by atoms with Crippen molar-refractivity contribution in [1.82, 2.24) is 4.72 Å². The van der Waals surface area contributed by atoms with Gasteiger partial charge in [0.1, 0.15) is 0 Å². The van der Waals surface area contributed by atoms with Gasteiger partial charge in [-0.1, -0.05) is 43.5 Å². The number of anilines is 1. The molecule has 0 bridgehead atoms. The van der Waals surface area contributed by atoms with Crippen LogP contribution in [0.2, 0.25) is 0 Å². The van der Waals surface area contributed by atoms with Crippen molar-refractivity contribution < 1.29 is 23.1 Å². The predicted octanol–water partition coefficient (Wildman–Crippen LogP) is 1.91. The van der Waals surface area contributed by atoms with Gasteiger partial charge in [0.2, 0.25) is 10.0 Å². The number of para-hydroxylation sites is 1. The molecule has 8 heteroatoms. The monoisotopic (exact) mass is 401 g/mol. The Balaban J connectivity index is 1.79. The molecule has 0 spiro atoms. The Hall–Kier alpha value is -2.71. The van der Waals surface area contributed by atoms with E-state index in [-0.39, 0.29) is 27.8 Å². The molecule has 2 aromatic rings. The summed E-state index contributed by atoms with van der Waals surface area (Å²) in [4.78, 5) is 23.7. The molecule has 7 nitrogen and oxygen atoms in total. The number of amides is 1. The maximum absolute atomic E-state index is 12.6. The molecule has 0 unspecified atom stereocenters. The van der Waals surface area contributed by atoms with Gasteiger partial charge in [-0.2, -0.15) is 0 Å². The molecule has 1 aliphatic carbocycles. The highest BCUT2D eigenvalue weighted by atomic mass is 32.2. The third-order valence-corrected chi connectivity index (χ3v) is 6.25. The van der Waals surface area contributed by atoms with Gasteiger partial charge in [-0.25, -0.2) is 13.1 Å². The van der Waals surface area contributed by atoms with Gasteiger partial charge in [-0.05, 0) is 37.1 Å². The Kier molecular flexibility index (Phi) is 6.11. The number of sulfonamides is 1. The Morgan fingerprint density at radius 1 is 0.964 bits per heavy atom. The molecule has 1 fully saturated rings. The van der Waals surface area contributed by atoms with Gasteiger partial charge < -0.3 is 15.2 Å². The van der Waals surface area contributed by atoms with E-state index in [9.17, 15) is 23.1 Å². The first-order valence-corrected chi connectivity index (χ1v) is 10.6. The third-order valence-electron chi connectivity index (χ3n) is 4.73. The molecule has 0 saturated heterocycles.